The monoisotopic (exact) mass is 244 g/mol. The predicted octanol–water partition coefficient (Wildman–Crippen LogP) is 2.56. The van der Waals surface area contributed by atoms with E-state index in [1.807, 2.05) is 13.0 Å². The number of aromatic nitrogens is 2. The number of imidazole rings is 1. The van der Waals surface area contributed by atoms with Gasteiger partial charge in [0.05, 0.1) is 5.69 Å². The number of carboxylic acid groups (broad SMARTS) is 1. The number of rotatable bonds is 3. The minimum atomic E-state index is -0.859. The highest BCUT2D eigenvalue weighted by atomic mass is 16.4. The first-order valence-electron chi connectivity index (χ1n) is 5.80. The van der Waals surface area contributed by atoms with E-state index in [0.29, 0.717) is 5.82 Å². The van der Waals surface area contributed by atoms with Crippen molar-refractivity contribution in [2.24, 2.45) is 0 Å². The van der Waals surface area contributed by atoms with Crippen LogP contribution in [0.5, 0.6) is 0 Å². The van der Waals surface area contributed by atoms with Crippen molar-refractivity contribution in [3.8, 4) is 11.3 Å². The third-order valence-corrected chi connectivity index (χ3v) is 3.08. The Morgan fingerprint density at radius 1 is 1.28 bits per heavy atom. The van der Waals surface area contributed by atoms with Crippen LogP contribution >= 0.6 is 0 Å². The van der Waals surface area contributed by atoms with Crippen LogP contribution in [0.4, 0.5) is 0 Å². The molecule has 0 spiro atoms. The summed E-state index contributed by atoms with van der Waals surface area (Å²) in [5.41, 5.74) is 4.28. The normalized spacial score (nSPS) is 10.6. The second kappa shape index (κ2) is 4.64. The van der Waals surface area contributed by atoms with E-state index in [9.17, 15) is 4.79 Å². The van der Waals surface area contributed by atoms with Crippen molar-refractivity contribution >= 4 is 5.97 Å². The van der Waals surface area contributed by atoms with Gasteiger partial charge in [-0.15, -0.1) is 0 Å². The van der Waals surface area contributed by atoms with Gasteiger partial charge in [0.15, 0.2) is 0 Å². The molecule has 0 aliphatic heterocycles. The van der Waals surface area contributed by atoms with E-state index in [1.54, 1.807) is 10.8 Å². The van der Waals surface area contributed by atoms with Crippen LogP contribution in [-0.2, 0) is 11.3 Å². The van der Waals surface area contributed by atoms with Crippen LogP contribution in [0.3, 0.4) is 0 Å². The molecule has 1 aromatic carbocycles. The minimum absolute atomic E-state index is 0.0519. The van der Waals surface area contributed by atoms with E-state index in [0.717, 1.165) is 11.3 Å². The summed E-state index contributed by atoms with van der Waals surface area (Å²) in [4.78, 5) is 15.1. The molecule has 94 valence electrons. The third-order valence-electron chi connectivity index (χ3n) is 3.08. The van der Waals surface area contributed by atoms with Crippen LogP contribution in [-0.4, -0.2) is 20.6 Å². The molecule has 18 heavy (non-hydrogen) atoms. The van der Waals surface area contributed by atoms with Gasteiger partial charge in [-0.2, -0.15) is 0 Å². The molecule has 1 N–H and O–H groups in total. The van der Waals surface area contributed by atoms with Crippen molar-refractivity contribution < 1.29 is 9.90 Å². The zero-order chi connectivity index (χ0) is 13.3. The van der Waals surface area contributed by atoms with E-state index >= 15 is 0 Å². The SMILES string of the molecule is Cc1ccc(-c2cn(CC(=O)O)c(C)n2)cc1C. The molecule has 4 heteroatoms. The molecule has 0 bridgehead atoms. The number of benzene rings is 1. The number of hydrogen-bond acceptors (Lipinski definition) is 2. The van der Waals surface area contributed by atoms with Crippen molar-refractivity contribution in [1.29, 1.82) is 0 Å². The summed E-state index contributed by atoms with van der Waals surface area (Å²) in [7, 11) is 0. The summed E-state index contributed by atoms with van der Waals surface area (Å²) in [5.74, 6) is -0.146. The first-order valence-corrected chi connectivity index (χ1v) is 5.80. The Bertz CT molecular complexity index is 600. The van der Waals surface area contributed by atoms with Crippen molar-refractivity contribution in [2.45, 2.75) is 27.3 Å². The standard InChI is InChI=1S/C14H16N2O2/c1-9-4-5-12(6-10(9)2)13-7-16(8-14(17)18)11(3)15-13/h4-7H,8H2,1-3H3,(H,17,18). The van der Waals surface area contributed by atoms with E-state index in [1.165, 1.54) is 11.1 Å². The Morgan fingerprint density at radius 3 is 2.61 bits per heavy atom. The van der Waals surface area contributed by atoms with Crippen LogP contribution in [0, 0.1) is 20.8 Å². The fourth-order valence-electron chi connectivity index (χ4n) is 1.85. The highest BCUT2D eigenvalue weighted by Crippen LogP contribution is 2.21. The van der Waals surface area contributed by atoms with Gasteiger partial charge < -0.3 is 9.67 Å². The molecule has 0 atom stereocenters. The van der Waals surface area contributed by atoms with Crippen molar-refractivity contribution in [3.63, 3.8) is 0 Å². The molecule has 0 radical (unpaired) electrons. The summed E-state index contributed by atoms with van der Waals surface area (Å²) < 4.78 is 1.65. The highest BCUT2D eigenvalue weighted by Gasteiger charge is 2.09. The summed E-state index contributed by atoms with van der Waals surface area (Å²) >= 11 is 0. The molecule has 0 aliphatic rings. The zero-order valence-electron chi connectivity index (χ0n) is 10.8. The van der Waals surface area contributed by atoms with Gasteiger partial charge in [0.2, 0.25) is 0 Å². The fourth-order valence-corrected chi connectivity index (χ4v) is 1.85. The van der Waals surface area contributed by atoms with Crippen LogP contribution in [0.2, 0.25) is 0 Å². The minimum Gasteiger partial charge on any atom is -0.480 e. The summed E-state index contributed by atoms with van der Waals surface area (Å²) in [6.45, 7) is 5.88. The smallest absolute Gasteiger partial charge is 0.323 e. The van der Waals surface area contributed by atoms with Gasteiger partial charge >= 0.3 is 5.97 Å². The lowest BCUT2D eigenvalue weighted by atomic mass is 10.0. The molecular formula is C14H16N2O2. The summed E-state index contributed by atoms with van der Waals surface area (Å²) in [6, 6.07) is 6.13. The van der Waals surface area contributed by atoms with Crippen molar-refractivity contribution in [1.82, 2.24) is 9.55 Å². The van der Waals surface area contributed by atoms with Crippen LogP contribution < -0.4 is 0 Å². The molecule has 0 aliphatic carbocycles. The lowest BCUT2D eigenvalue weighted by molar-refractivity contribution is -0.137. The van der Waals surface area contributed by atoms with Crippen molar-refractivity contribution in [3.05, 3.63) is 41.3 Å². The maximum Gasteiger partial charge on any atom is 0.323 e. The van der Waals surface area contributed by atoms with Gasteiger partial charge in [0.25, 0.3) is 0 Å². The zero-order valence-corrected chi connectivity index (χ0v) is 10.8. The molecule has 1 heterocycles. The van der Waals surface area contributed by atoms with Gasteiger partial charge in [-0.1, -0.05) is 12.1 Å². The third kappa shape index (κ3) is 2.42. The van der Waals surface area contributed by atoms with Gasteiger partial charge in [-0.25, -0.2) is 4.98 Å². The Kier molecular flexibility index (Phi) is 3.19. The maximum atomic E-state index is 10.7. The average molecular weight is 244 g/mol. The van der Waals surface area contributed by atoms with E-state index in [2.05, 4.69) is 31.0 Å². The molecule has 2 rings (SSSR count). The Balaban J connectivity index is 2.39. The first kappa shape index (κ1) is 12.4. The quantitative estimate of drug-likeness (QED) is 0.902. The number of carboxylic acids is 1. The second-order valence-electron chi connectivity index (χ2n) is 4.49. The van der Waals surface area contributed by atoms with Gasteiger partial charge in [-0.05, 0) is 38.0 Å². The van der Waals surface area contributed by atoms with E-state index in [-0.39, 0.29) is 6.54 Å². The Labute approximate surface area is 106 Å². The summed E-state index contributed by atoms with van der Waals surface area (Å²) in [6.07, 6.45) is 1.79. The molecule has 2 aromatic rings. The highest BCUT2D eigenvalue weighted by molar-refractivity contribution is 5.67. The Hall–Kier alpha value is -2.10. The van der Waals surface area contributed by atoms with Crippen LogP contribution in [0.25, 0.3) is 11.3 Å². The second-order valence-corrected chi connectivity index (χ2v) is 4.49. The molecule has 0 fully saturated rings. The number of aliphatic carboxylic acids is 1. The molecule has 0 amide bonds. The van der Waals surface area contributed by atoms with Gasteiger partial charge in [0, 0.05) is 11.8 Å². The topological polar surface area (TPSA) is 55.1 Å². The summed E-state index contributed by atoms with van der Waals surface area (Å²) in [5, 5.41) is 8.80. The molecule has 4 nitrogen and oxygen atoms in total. The van der Waals surface area contributed by atoms with Crippen LogP contribution in [0.15, 0.2) is 24.4 Å². The Morgan fingerprint density at radius 2 is 2.00 bits per heavy atom. The van der Waals surface area contributed by atoms with E-state index in [4.69, 9.17) is 5.11 Å². The number of carbonyl (C=O) groups is 1. The van der Waals surface area contributed by atoms with Gasteiger partial charge in [-0.3, -0.25) is 4.79 Å². The number of hydrogen-bond donors (Lipinski definition) is 1. The number of aryl methyl sites for hydroxylation is 3. The van der Waals surface area contributed by atoms with Crippen LogP contribution in [0.1, 0.15) is 17.0 Å². The predicted molar refractivity (Wildman–Crippen MR) is 69.5 cm³/mol. The average Bonchev–Trinajstić information content (AvgIpc) is 2.63. The lowest BCUT2D eigenvalue weighted by Gasteiger charge is -2.02. The number of nitrogens with zero attached hydrogens (tertiary/aromatic N) is 2. The molecular weight excluding hydrogens is 228 g/mol. The fraction of sp³-hybridized carbons (Fsp3) is 0.286. The maximum absolute atomic E-state index is 10.7. The first-order chi connectivity index (χ1) is 8.47. The molecule has 0 saturated carbocycles. The van der Waals surface area contributed by atoms with E-state index < -0.39 is 5.97 Å². The molecule has 0 unspecified atom stereocenters. The molecule has 0 saturated heterocycles. The lowest BCUT2D eigenvalue weighted by Crippen LogP contribution is -2.08. The van der Waals surface area contributed by atoms with Gasteiger partial charge in [0.1, 0.15) is 12.4 Å². The largest absolute Gasteiger partial charge is 0.480 e. The van der Waals surface area contributed by atoms with Crippen molar-refractivity contribution in [2.75, 3.05) is 0 Å². The molecule has 1 aromatic heterocycles.